The van der Waals surface area contributed by atoms with Gasteiger partial charge in [0.05, 0.1) is 5.69 Å². The van der Waals surface area contributed by atoms with Gasteiger partial charge in [0.1, 0.15) is 6.17 Å². The molecule has 1 aromatic heterocycles. The molecule has 0 radical (unpaired) electrons. The van der Waals surface area contributed by atoms with Gasteiger partial charge < -0.3 is 20.2 Å². The maximum atomic E-state index is 13.2. The van der Waals surface area contributed by atoms with Gasteiger partial charge in [-0.2, -0.15) is 0 Å². The van der Waals surface area contributed by atoms with Crippen molar-refractivity contribution in [3.63, 3.8) is 0 Å². The summed E-state index contributed by atoms with van der Waals surface area (Å²) >= 11 is 0. The summed E-state index contributed by atoms with van der Waals surface area (Å²) in [5.74, 6) is -1.61. The van der Waals surface area contributed by atoms with E-state index in [1.54, 1.807) is 34.3 Å². The molecule has 0 bridgehead atoms. The zero-order valence-corrected chi connectivity index (χ0v) is 19.4. The maximum absolute atomic E-state index is 13.2. The van der Waals surface area contributed by atoms with E-state index in [2.05, 4.69) is 15.7 Å². The van der Waals surface area contributed by atoms with Crippen LogP contribution in [0.25, 0.3) is 0 Å². The van der Waals surface area contributed by atoms with E-state index in [-0.39, 0.29) is 35.2 Å². The molecule has 2 unspecified atom stereocenters. The van der Waals surface area contributed by atoms with Crippen molar-refractivity contribution in [2.75, 3.05) is 24.5 Å². The van der Waals surface area contributed by atoms with Crippen LogP contribution in [0.4, 0.5) is 5.69 Å². The molecule has 34 heavy (non-hydrogen) atoms. The number of carbonyl (C=O) groups excluding carboxylic acids is 3. The van der Waals surface area contributed by atoms with E-state index in [1.165, 1.54) is 5.01 Å². The Bertz CT molecular complexity index is 1080. The Labute approximate surface area is 198 Å². The SMILES string of the molecule is CC(C)CN1C(O)=C(C(=O)NC2CC2)C(=O)N2NCC(/C=C/C(=O)N3CCc4cnccc43)C12. The Hall–Kier alpha value is -3.40. The molecule has 10 heteroatoms. The third kappa shape index (κ3) is 4.02. The molecular formula is C24H30N6O4. The zero-order chi connectivity index (χ0) is 24.0. The van der Waals surface area contributed by atoms with Crippen molar-refractivity contribution in [2.45, 2.75) is 45.3 Å². The van der Waals surface area contributed by atoms with Crippen molar-refractivity contribution < 1.29 is 19.5 Å². The highest BCUT2D eigenvalue weighted by molar-refractivity contribution is 6.19. The smallest absolute Gasteiger partial charge is 0.280 e. The number of amides is 3. The van der Waals surface area contributed by atoms with Crippen molar-refractivity contribution in [1.82, 2.24) is 25.6 Å². The molecule has 3 N–H and O–H groups in total. The number of aromatic nitrogens is 1. The highest BCUT2D eigenvalue weighted by Crippen LogP contribution is 2.33. The van der Waals surface area contributed by atoms with E-state index in [0.29, 0.717) is 19.6 Å². The first kappa shape index (κ1) is 22.4. The number of aliphatic hydroxyl groups excluding tert-OH is 1. The number of pyridine rings is 1. The largest absolute Gasteiger partial charge is 0.494 e. The van der Waals surface area contributed by atoms with Gasteiger partial charge >= 0.3 is 0 Å². The van der Waals surface area contributed by atoms with Gasteiger partial charge in [0.2, 0.25) is 5.88 Å². The van der Waals surface area contributed by atoms with Crippen molar-refractivity contribution in [3.05, 3.63) is 47.6 Å². The summed E-state index contributed by atoms with van der Waals surface area (Å²) in [7, 11) is 0. The minimum Gasteiger partial charge on any atom is -0.494 e. The van der Waals surface area contributed by atoms with Gasteiger partial charge in [-0.25, -0.2) is 10.4 Å². The lowest BCUT2D eigenvalue weighted by molar-refractivity contribution is -0.142. The number of aliphatic hydroxyl groups is 1. The molecule has 0 aromatic carbocycles. The van der Waals surface area contributed by atoms with E-state index >= 15 is 0 Å². The summed E-state index contributed by atoms with van der Waals surface area (Å²) in [5, 5.41) is 15.3. The van der Waals surface area contributed by atoms with Crippen LogP contribution < -0.4 is 15.6 Å². The Morgan fingerprint density at radius 2 is 2.15 bits per heavy atom. The lowest BCUT2D eigenvalue weighted by Crippen LogP contribution is -2.59. The molecule has 2 fully saturated rings. The van der Waals surface area contributed by atoms with Crippen LogP contribution in [0.3, 0.4) is 0 Å². The summed E-state index contributed by atoms with van der Waals surface area (Å²) in [6.07, 6.45) is 8.80. The molecule has 10 nitrogen and oxygen atoms in total. The molecular weight excluding hydrogens is 436 g/mol. The molecule has 3 aliphatic heterocycles. The van der Waals surface area contributed by atoms with Crippen molar-refractivity contribution in [1.29, 1.82) is 0 Å². The average Bonchev–Trinajstić information content (AvgIpc) is 3.34. The quantitative estimate of drug-likeness (QED) is 0.420. The average molecular weight is 467 g/mol. The first-order valence-electron chi connectivity index (χ1n) is 11.9. The van der Waals surface area contributed by atoms with Crippen molar-refractivity contribution in [3.8, 4) is 0 Å². The van der Waals surface area contributed by atoms with Crippen LogP contribution in [0.2, 0.25) is 0 Å². The highest BCUT2D eigenvalue weighted by Gasteiger charge is 2.49. The molecule has 2 atom stereocenters. The molecule has 4 heterocycles. The first-order chi connectivity index (χ1) is 16.3. The topological polar surface area (TPSA) is 118 Å². The number of anilines is 1. The van der Waals surface area contributed by atoms with Gasteiger partial charge in [-0.3, -0.25) is 19.4 Å². The molecule has 1 saturated carbocycles. The maximum Gasteiger partial charge on any atom is 0.280 e. The summed E-state index contributed by atoms with van der Waals surface area (Å²) in [5.41, 5.74) is 4.76. The summed E-state index contributed by atoms with van der Waals surface area (Å²) in [6, 6.07) is 1.91. The second kappa shape index (κ2) is 8.75. The lowest BCUT2D eigenvalue weighted by Gasteiger charge is -2.42. The normalized spacial score (nSPS) is 24.3. The van der Waals surface area contributed by atoms with Crippen LogP contribution in [0.15, 0.2) is 42.1 Å². The second-order valence-corrected chi connectivity index (χ2v) is 9.71. The monoisotopic (exact) mass is 466 g/mol. The van der Waals surface area contributed by atoms with E-state index < -0.39 is 18.0 Å². The number of carbonyl (C=O) groups is 3. The van der Waals surface area contributed by atoms with E-state index in [4.69, 9.17) is 0 Å². The summed E-state index contributed by atoms with van der Waals surface area (Å²) < 4.78 is 0. The third-order valence-electron chi connectivity index (χ3n) is 6.62. The third-order valence-corrected chi connectivity index (χ3v) is 6.62. The Morgan fingerprint density at radius 3 is 2.88 bits per heavy atom. The number of hydrazine groups is 1. The fourth-order valence-electron chi connectivity index (χ4n) is 4.83. The first-order valence-corrected chi connectivity index (χ1v) is 11.9. The predicted molar refractivity (Wildman–Crippen MR) is 124 cm³/mol. The number of fused-ring (bicyclic) bond motifs is 2. The van der Waals surface area contributed by atoms with Gasteiger partial charge in [-0.1, -0.05) is 19.9 Å². The highest BCUT2D eigenvalue weighted by atomic mass is 16.3. The molecule has 1 saturated heterocycles. The molecule has 1 aliphatic carbocycles. The number of rotatable bonds is 6. The predicted octanol–water partition coefficient (Wildman–Crippen LogP) is 0.836. The van der Waals surface area contributed by atoms with Gasteiger partial charge in [0, 0.05) is 44.0 Å². The number of nitrogens with zero attached hydrogens (tertiary/aromatic N) is 4. The minimum absolute atomic E-state index is 0.0663. The molecule has 3 amide bonds. The Balaban J connectivity index is 1.38. The van der Waals surface area contributed by atoms with E-state index in [1.807, 2.05) is 19.9 Å². The lowest BCUT2D eigenvalue weighted by atomic mass is 10.0. The van der Waals surface area contributed by atoms with Crippen LogP contribution in [0.1, 0.15) is 32.3 Å². The Kier molecular flexibility index (Phi) is 5.76. The van der Waals surface area contributed by atoms with Crippen LogP contribution in [0, 0.1) is 11.8 Å². The van der Waals surface area contributed by atoms with E-state index in [9.17, 15) is 19.5 Å². The minimum atomic E-state index is -0.552. The fourth-order valence-corrected chi connectivity index (χ4v) is 4.83. The summed E-state index contributed by atoms with van der Waals surface area (Å²) in [4.78, 5) is 46.4. The summed E-state index contributed by atoms with van der Waals surface area (Å²) in [6.45, 7) is 5.47. The van der Waals surface area contributed by atoms with Gasteiger partial charge in [0.25, 0.3) is 17.7 Å². The van der Waals surface area contributed by atoms with Crippen molar-refractivity contribution >= 4 is 23.4 Å². The molecule has 5 rings (SSSR count). The van der Waals surface area contributed by atoms with Crippen molar-refractivity contribution in [2.24, 2.45) is 11.8 Å². The molecule has 4 aliphatic rings. The Morgan fingerprint density at radius 1 is 1.35 bits per heavy atom. The molecule has 180 valence electrons. The second-order valence-electron chi connectivity index (χ2n) is 9.71. The van der Waals surface area contributed by atoms with Gasteiger partial charge in [-0.15, -0.1) is 0 Å². The standard InChI is InChI=1S/C24H30N6O4/c1-14(2)13-29-22-16(3-6-19(31)28-10-8-15-11-25-9-7-18(15)28)12-26-30(22)24(34)20(23(29)33)21(32)27-17-4-5-17/h3,6-7,9,11,14,16-17,22,26,33H,4-5,8,10,12-13H2,1-2H3,(H,27,32)/b6-3+. The fraction of sp³-hybridized carbons (Fsp3) is 0.500. The van der Waals surface area contributed by atoms with Crippen LogP contribution in [-0.4, -0.2) is 69.6 Å². The van der Waals surface area contributed by atoms with Gasteiger partial charge in [-0.05, 0) is 42.9 Å². The number of hydrogen-bond acceptors (Lipinski definition) is 7. The molecule has 0 spiro atoms. The molecule has 1 aromatic rings. The van der Waals surface area contributed by atoms with Crippen LogP contribution >= 0.6 is 0 Å². The number of hydrogen-bond donors (Lipinski definition) is 3. The van der Waals surface area contributed by atoms with E-state index in [0.717, 1.165) is 30.5 Å². The number of nitrogens with one attached hydrogen (secondary N) is 2. The van der Waals surface area contributed by atoms with Gasteiger partial charge in [0.15, 0.2) is 5.57 Å². The van der Waals surface area contributed by atoms with Crippen LogP contribution in [0.5, 0.6) is 0 Å². The van der Waals surface area contributed by atoms with Crippen LogP contribution in [-0.2, 0) is 20.8 Å². The zero-order valence-electron chi connectivity index (χ0n) is 19.4.